The SMILES string of the molecule is O=C1C(Nc2ccc([N+](=O)[O-])c3cccnc23)CCN1CCCc1ccccc1. The van der Waals surface area contributed by atoms with E-state index in [-0.39, 0.29) is 17.6 Å². The maximum atomic E-state index is 12.8. The lowest BCUT2D eigenvalue weighted by atomic mass is 10.1. The number of nitro groups is 1. The lowest BCUT2D eigenvalue weighted by molar-refractivity contribution is -0.383. The van der Waals surface area contributed by atoms with E-state index in [2.05, 4.69) is 22.4 Å². The number of amides is 1. The first kappa shape index (κ1) is 18.9. The number of carbonyl (C=O) groups is 1. The molecule has 1 aliphatic rings. The van der Waals surface area contributed by atoms with Gasteiger partial charge < -0.3 is 10.2 Å². The van der Waals surface area contributed by atoms with Crippen LogP contribution in [0.1, 0.15) is 18.4 Å². The summed E-state index contributed by atoms with van der Waals surface area (Å²) in [4.78, 5) is 29.8. The molecule has 1 unspecified atom stereocenters. The van der Waals surface area contributed by atoms with Crippen LogP contribution in [0.4, 0.5) is 11.4 Å². The number of non-ortho nitro benzene ring substituents is 1. The minimum atomic E-state index is -0.414. The molecular formula is C22H22N4O3. The van der Waals surface area contributed by atoms with Gasteiger partial charge in [0.05, 0.1) is 16.0 Å². The van der Waals surface area contributed by atoms with E-state index >= 15 is 0 Å². The van der Waals surface area contributed by atoms with Crippen molar-refractivity contribution in [1.29, 1.82) is 0 Å². The molecule has 0 aliphatic carbocycles. The first-order chi connectivity index (χ1) is 14.1. The number of nitrogens with one attached hydrogen (secondary N) is 1. The summed E-state index contributed by atoms with van der Waals surface area (Å²) in [6, 6.07) is 16.4. The predicted molar refractivity (Wildman–Crippen MR) is 112 cm³/mol. The zero-order chi connectivity index (χ0) is 20.2. The average molecular weight is 390 g/mol. The van der Waals surface area contributed by atoms with Gasteiger partial charge in [-0.25, -0.2) is 0 Å². The quantitative estimate of drug-likeness (QED) is 0.490. The second-order valence-corrected chi connectivity index (χ2v) is 7.19. The number of rotatable bonds is 7. The van der Waals surface area contributed by atoms with Crippen LogP contribution >= 0.6 is 0 Å². The number of aromatic nitrogens is 1. The van der Waals surface area contributed by atoms with Gasteiger partial charge in [-0.15, -0.1) is 0 Å². The van der Waals surface area contributed by atoms with Crippen molar-refractivity contribution in [2.75, 3.05) is 18.4 Å². The van der Waals surface area contributed by atoms with E-state index in [4.69, 9.17) is 0 Å². The number of hydrogen-bond acceptors (Lipinski definition) is 5. The van der Waals surface area contributed by atoms with Crippen molar-refractivity contribution >= 4 is 28.2 Å². The number of carbonyl (C=O) groups excluding carboxylic acids is 1. The highest BCUT2D eigenvalue weighted by Crippen LogP contribution is 2.31. The Hall–Kier alpha value is -3.48. The van der Waals surface area contributed by atoms with Gasteiger partial charge in [0.25, 0.3) is 5.69 Å². The van der Waals surface area contributed by atoms with Gasteiger partial charge >= 0.3 is 0 Å². The number of hydrogen-bond donors (Lipinski definition) is 1. The molecule has 1 aromatic heterocycles. The van der Waals surface area contributed by atoms with Crippen molar-refractivity contribution in [3.63, 3.8) is 0 Å². The lowest BCUT2D eigenvalue weighted by Crippen LogP contribution is -2.34. The van der Waals surface area contributed by atoms with Crippen molar-refractivity contribution in [2.45, 2.75) is 25.3 Å². The van der Waals surface area contributed by atoms with Gasteiger partial charge in [-0.2, -0.15) is 0 Å². The highest BCUT2D eigenvalue weighted by molar-refractivity contribution is 5.98. The molecule has 1 aliphatic heterocycles. The van der Waals surface area contributed by atoms with Gasteiger partial charge in [0, 0.05) is 25.4 Å². The van der Waals surface area contributed by atoms with Crippen LogP contribution in [0, 0.1) is 10.1 Å². The van der Waals surface area contributed by atoms with Gasteiger partial charge in [-0.1, -0.05) is 30.3 Å². The summed E-state index contributed by atoms with van der Waals surface area (Å²) in [6.07, 6.45) is 4.17. The summed E-state index contributed by atoms with van der Waals surface area (Å²) in [6.45, 7) is 1.44. The maximum Gasteiger partial charge on any atom is 0.278 e. The molecule has 1 saturated heterocycles. The normalized spacial score (nSPS) is 16.3. The zero-order valence-electron chi connectivity index (χ0n) is 16.0. The molecular weight excluding hydrogens is 368 g/mol. The highest BCUT2D eigenvalue weighted by atomic mass is 16.6. The Morgan fingerprint density at radius 2 is 1.97 bits per heavy atom. The number of pyridine rings is 1. The van der Waals surface area contributed by atoms with E-state index in [1.54, 1.807) is 24.4 Å². The number of likely N-dealkylation sites (tertiary alicyclic amines) is 1. The molecule has 7 heteroatoms. The fourth-order valence-corrected chi connectivity index (χ4v) is 3.83. The van der Waals surface area contributed by atoms with Gasteiger partial charge in [0.1, 0.15) is 11.6 Å². The molecule has 1 fully saturated rings. The molecule has 1 atom stereocenters. The van der Waals surface area contributed by atoms with Gasteiger partial charge in [0.2, 0.25) is 5.91 Å². The number of benzene rings is 2. The number of nitrogens with zero attached hydrogens (tertiary/aromatic N) is 3. The topological polar surface area (TPSA) is 88.4 Å². The molecule has 148 valence electrons. The Kier molecular flexibility index (Phi) is 5.37. The minimum absolute atomic E-state index is 0.0129. The summed E-state index contributed by atoms with van der Waals surface area (Å²) in [7, 11) is 0. The molecule has 0 saturated carbocycles. The Labute approximate surface area is 168 Å². The summed E-state index contributed by atoms with van der Waals surface area (Å²) >= 11 is 0. The third-order valence-corrected chi connectivity index (χ3v) is 5.31. The van der Waals surface area contributed by atoms with Crippen LogP contribution in [-0.4, -0.2) is 39.8 Å². The van der Waals surface area contributed by atoms with Crippen LogP contribution in [0.5, 0.6) is 0 Å². The van der Waals surface area contributed by atoms with E-state index in [1.807, 2.05) is 23.1 Å². The largest absolute Gasteiger partial charge is 0.372 e. The van der Waals surface area contributed by atoms with Crippen molar-refractivity contribution in [2.24, 2.45) is 0 Å². The molecule has 2 aromatic carbocycles. The van der Waals surface area contributed by atoms with Crippen molar-refractivity contribution < 1.29 is 9.72 Å². The summed E-state index contributed by atoms with van der Waals surface area (Å²) in [5.74, 6) is 0.0699. The summed E-state index contributed by atoms with van der Waals surface area (Å²) < 4.78 is 0. The number of aryl methyl sites for hydroxylation is 1. The molecule has 2 heterocycles. The standard InChI is InChI=1S/C22H22N4O3/c27-22-19(12-15-25(22)14-5-8-16-6-2-1-3-7-16)24-18-10-11-20(26(28)29)17-9-4-13-23-21(17)18/h1-4,6-7,9-11,13,19,24H,5,8,12,14-15H2. The van der Waals surface area contributed by atoms with Gasteiger partial charge in [0.15, 0.2) is 0 Å². The van der Waals surface area contributed by atoms with Gasteiger partial charge in [-0.05, 0) is 43.0 Å². The zero-order valence-corrected chi connectivity index (χ0v) is 16.0. The number of nitro benzene ring substituents is 1. The van der Waals surface area contributed by atoms with Crippen LogP contribution in [0.25, 0.3) is 10.9 Å². The third-order valence-electron chi connectivity index (χ3n) is 5.31. The van der Waals surface area contributed by atoms with E-state index in [0.29, 0.717) is 29.6 Å². The maximum absolute atomic E-state index is 12.8. The second-order valence-electron chi connectivity index (χ2n) is 7.19. The Bertz CT molecular complexity index is 1040. The first-order valence-electron chi connectivity index (χ1n) is 9.75. The van der Waals surface area contributed by atoms with Crippen molar-refractivity contribution in [1.82, 2.24) is 9.88 Å². The van der Waals surface area contributed by atoms with Crippen LogP contribution in [0.2, 0.25) is 0 Å². The fourth-order valence-electron chi connectivity index (χ4n) is 3.83. The minimum Gasteiger partial charge on any atom is -0.372 e. The molecule has 7 nitrogen and oxygen atoms in total. The number of fused-ring (bicyclic) bond motifs is 1. The van der Waals surface area contributed by atoms with Gasteiger partial charge in [-0.3, -0.25) is 19.9 Å². The second kappa shape index (κ2) is 8.26. The molecule has 0 spiro atoms. The molecule has 0 radical (unpaired) electrons. The summed E-state index contributed by atoms with van der Waals surface area (Å²) in [5, 5.41) is 15.0. The van der Waals surface area contributed by atoms with Crippen LogP contribution in [-0.2, 0) is 11.2 Å². The van der Waals surface area contributed by atoms with E-state index in [1.165, 1.54) is 11.6 Å². The molecule has 3 aromatic rings. The molecule has 0 bridgehead atoms. The van der Waals surface area contributed by atoms with Crippen LogP contribution in [0.15, 0.2) is 60.8 Å². The first-order valence-corrected chi connectivity index (χ1v) is 9.75. The lowest BCUT2D eigenvalue weighted by Gasteiger charge is -2.18. The monoisotopic (exact) mass is 390 g/mol. The molecule has 1 amide bonds. The van der Waals surface area contributed by atoms with Crippen LogP contribution in [0.3, 0.4) is 0 Å². The highest BCUT2D eigenvalue weighted by Gasteiger charge is 2.31. The van der Waals surface area contributed by atoms with Crippen molar-refractivity contribution in [3.05, 3.63) is 76.5 Å². The Balaban J connectivity index is 1.42. The fraction of sp³-hybridized carbons (Fsp3) is 0.273. The molecule has 1 N–H and O–H groups in total. The van der Waals surface area contributed by atoms with E-state index < -0.39 is 4.92 Å². The van der Waals surface area contributed by atoms with Crippen LogP contribution < -0.4 is 5.32 Å². The Morgan fingerprint density at radius 1 is 1.14 bits per heavy atom. The summed E-state index contributed by atoms with van der Waals surface area (Å²) in [5.41, 5.74) is 2.45. The smallest absolute Gasteiger partial charge is 0.278 e. The molecule has 29 heavy (non-hydrogen) atoms. The van der Waals surface area contributed by atoms with E-state index in [9.17, 15) is 14.9 Å². The molecule has 4 rings (SSSR count). The van der Waals surface area contributed by atoms with Crippen molar-refractivity contribution in [3.8, 4) is 0 Å². The van der Waals surface area contributed by atoms with E-state index in [0.717, 1.165) is 19.4 Å². The Morgan fingerprint density at radius 3 is 2.76 bits per heavy atom. The predicted octanol–water partition coefficient (Wildman–Crippen LogP) is 3.79. The number of anilines is 1. The average Bonchev–Trinajstić information content (AvgIpc) is 3.08. The third kappa shape index (κ3) is 4.03.